The Bertz CT molecular complexity index is 337. The minimum atomic E-state index is 0.450. The molecular weight excluding hydrogens is 202 g/mol. The molecule has 1 aromatic rings. The van der Waals surface area contributed by atoms with Crippen molar-refractivity contribution >= 4 is 5.82 Å². The predicted octanol–water partition coefficient (Wildman–Crippen LogP) is 0.0756. The highest BCUT2D eigenvalue weighted by atomic mass is 15.3. The number of anilines is 1. The second-order valence-electron chi connectivity index (χ2n) is 4.39. The summed E-state index contributed by atoms with van der Waals surface area (Å²) >= 11 is 0. The first-order valence-electron chi connectivity index (χ1n) is 5.68. The largest absolute Gasteiger partial charge is 0.350 e. The van der Waals surface area contributed by atoms with Crippen molar-refractivity contribution in [3.8, 4) is 0 Å². The van der Waals surface area contributed by atoms with E-state index in [-0.39, 0.29) is 0 Å². The Balaban J connectivity index is 2.11. The molecule has 0 aromatic carbocycles. The third-order valence-corrected chi connectivity index (χ3v) is 3.04. The minimum absolute atomic E-state index is 0.450. The van der Waals surface area contributed by atoms with E-state index >= 15 is 0 Å². The highest BCUT2D eigenvalue weighted by Crippen LogP contribution is 2.16. The summed E-state index contributed by atoms with van der Waals surface area (Å²) in [5.41, 5.74) is 6.34. The van der Waals surface area contributed by atoms with Gasteiger partial charge in [0.25, 0.3) is 0 Å². The third kappa shape index (κ3) is 2.31. The van der Waals surface area contributed by atoms with Crippen LogP contribution in [0.1, 0.15) is 12.6 Å². The number of piperazine rings is 1. The maximum absolute atomic E-state index is 5.50. The molecule has 1 aliphatic heterocycles. The van der Waals surface area contributed by atoms with Gasteiger partial charge in [-0.3, -0.25) is 0 Å². The van der Waals surface area contributed by atoms with Gasteiger partial charge >= 0.3 is 0 Å². The van der Waals surface area contributed by atoms with Crippen LogP contribution < -0.4 is 10.6 Å². The highest BCUT2D eigenvalue weighted by Gasteiger charge is 2.22. The van der Waals surface area contributed by atoms with Gasteiger partial charge in [0, 0.05) is 32.2 Å². The molecule has 16 heavy (non-hydrogen) atoms. The van der Waals surface area contributed by atoms with E-state index in [0.29, 0.717) is 12.6 Å². The Hall–Kier alpha value is -1.20. The average Bonchev–Trinajstić information content (AvgIpc) is 2.29. The van der Waals surface area contributed by atoms with Crippen LogP contribution in [0.4, 0.5) is 5.82 Å². The van der Waals surface area contributed by atoms with Crippen molar-refractivity contribution in [3.05, 3.63) is 17.8 Å². The molecule has 0 radical (unpaired) electrons. The number of nitrogens with zero attached hydrogens (tertiary/aromatic N) is 4. The van der Waals surface area contributed by atoms with Crippen molar-refractivity contribution in [2.45, 2.75) is 19.5 Å². The molecule has 0 aliphatic carbocycles. The number of hydrogen-bond acceptors (Lipinski definition) is 5. The Morgan fingerprint density at radius 3 is 2.75 bits per heavy atom. The molecule has 2 N–H and O–H groups in total. The van der Waals surface area contributed by atoms with Gasteiger partial charge in [0.15, 0.2) is 5.82 Å². The van der Waals surface area contributed by atoms with Gasteiger partial charge in [-0.05, 0) is 26.1 Å². The molecule has 0 spiro atoms. The molecule has 1 unspecified atom stereocenters. The zero-order chi connectivity index (χ0) is 11.5. The van der Waals surface area contributed by atoms with Crippen LogP contribution in [-0.2, 0) is 6.54 Å². The molecule has 1 atom stereocenters. The van der Waals surface area contributed by atoms with E-state index in [1.165, 1.54) is 0 Å². The van der Waals surface area contributed by atoms with Gasteiger partial charge in [0.2, 0.25) is 0 Å². The Labute approximate surface area is 96.2 Å². The van der Waals surface area contributed by atoms with Crippen LogP contribution in [0, 0.1) is 0 Å². The SMILES string of the molecule is CC1CN(C)CCN1c1ccc(CN)nn1. The van der Waals surface area contributed by atoms with Gasteiger partial charge in [-0.2, -0.15) is 5.10 Å². The Kier molecular flexibility index (Phi) is 3.36. The van der Waals surface area contributed by atoms with Crippen molar-refractivity contribution in [2.75, 3.05) is 31.6 Å². The second-order valence-corrected chi connectivity index (χ2v) is 4.39. The number of rotatable bonds is 2. The highest BCUT2D eigenvalue weighted by molar-refractivity contribution is 5.39. The first kappa shape index (κ1) is 11.3. The zero-order valence-corrected chi connectivity index (χ0v) is 9.93. The van der Waals surface area contributed by atoms with Crippen LogP contribution in [0.15, 0.2) is 12.1 Å². The standard InChI is InChI=1S/C11H19N5/c1-9-8-15(2)5-6-16(9)11-4-3-10(7-12)13-14-11/h3-4,9H,5-8,12H2,1-2H3. The minimum Gasteiger partial charge on any atom is -0.350 e. The lowest BCUT2D eigenvalue weighted by atomic mass is 10.2. The lowest BCUT2D eigenvalue weighted by Crippen LogP contribution is -2.50. The molecule has 0 saturated carbocycles. The average molecular weight is 221 g/mol. The summed E-state index contributed by atoms with van der Waals surface area (Å²) < 4.78 is 0. The first-order chi connectivity index (χ1) is 7.70. The van der Waals surface area contributed by atoms with Crippen LogP contribution in [0.25, 0.3) is 0 Å². The molecule has 0 amide bonds. The maximum atomic E-state index is 5.50. The maximum Gasteiger partial charge on any atom is 0.151 e. The van der Waals surface area contributed by atoms with Crippen LogP contribution >= 0.6 is 0 Å². The van der Waals surface area contributed by atoms with Crippen LogP contribution in [-0.4, -0.2) is 47.8 Å². The van der Waals surface area contributed by atoms with E-state index < -0.39 is 0 Å². The molecule has 2 heterocycles. The quantitative estimate of drug-likeness (QED) is 0.766. The molecular formula is C11H19N5. The van der Waals surface area contributed by atoms with Gasteiger partial charge < -0.3 is 15.5 Å². The van der Waals surface area contributed by atoms with Crippen molar-refractivity contribution in [2.24, 2.45) is 5.73 Å². The molecule has 5 nitrogen and oxygen atoms in total. The Morgan fingerprint density at radius 2 is 2.19 bits per heavy atom. The van der Waals surface area contributed by atoms with Crippen LogP contribution in [0.5, 0.6) is 0 Å². The van der Waals surface area contributed by atoms with E-state index in [4.69, 9.17) is 5.73 Å². The lowest BCUT2D eigenvalue weighted by Gasteiger charge is -2.38. The van der Waals surface area contributed by atoms with E-state index in [2.05, 4.69) is 34.0 Å². The molecule has 2 rings (SSSR count). The monoisotopic (exact) mass is 221 g/mol. The van der Waals surface area contributed by atoms with Gasteiger partial charge in [-0.15, -0.1) is 5.10 Å². The molecule has 1 saturated heterocycles. The number of nitrogens with two attached hydrogens (primary N) is 1. The molecule has 1 aliphatic rings. The topological polar surface area (TPSA) is 58.3 Å². The van der Waals surface area contributed by atoms with E-state index in [1.807, 2.05) is 12.1 Å². The number of likely N-dealkylation sites (N-methyl/N-ethyl adjacent to an activating group) is 1. The summed E-state index contributed by atoms with van der Waals surface area (Å²) in [4.78, 5) is 4.64. The van der Waals surface area contributed by atoms with E-state index in [9.17, 15) is 0 Å². The molecule has 1 aromatic heterocycles. The van der Waals surface area contributed by atoms with Gasteiger partial charge in [-0.25, -0.2) is 0 Å². The number of aromatic nitrogens is 2. The summed E-state index contributed by atoms with van der Waals surface area (Å²) in [7, 11) is 2.15. The number of hydrogen-bond donors (Lipinski definition) is 1. The third-order valence-electron chi connectivity index (χ3n) is 3.04. The summed E-state index contributed by atoms with van der Waals surface area (Å²) in [5, 5.41) is 8.32. The summed E-state index contributed by atoms with van der Waals surface area (Å²) in [6.45, 7) is 5.82. The summed E-state index contributed by atoms with van der Waals surface area (Å²) in [5.74, 6) is 0.956. The molecule has 88 valence electrons. The van der Waals surface area contributed by atoms with Crippen molar-refractivity contribution in [3.63, 3.8) is 0 Å². The fourth-order valence-corrected chi connectivity index (χ4v) is 2.09. The molecule has 1 fully saturated rings. The molecule has 0 bridgehead atoms. The van der Waals surface area contributed by atoms with Crippen molar-refractivity contribution in [1.82, 2.24) is 15.1 Å². The van der Waals surface area contributed by atoms with E-state index in [0.717, 1.165) is 31.1 Å². The summed E-state index contributed by atoms with van der Waals surface area (Å²) in [6.07, 6.45) is 0. The predicted molar refractivity (Wildman–Crippen MR) is 64.2 cm³/mol. The van der Waals surface area contributed by atoms with Crippen LogP contribution in [0.3, 0.4) is 0 Å². The van der Waals surface area contributed by atoms with Crippen molar-refractivity contribution in [1.29, 1.82) is 0 Å². The summed E-state index contributed by atoms with van der Waals surface area (Å²) in [6, 6.07) is 4.45. The van der Waals surface area contributed by atoms with E-state index in [1.54, 1.807) is 0 Å². The fourth-order valence-electron chi connectivity index (χ4n) is 2.09. The smallest absolute Gasteiger partial charge is 0.151 e. The second kappa shape index (κ2) is 4.76. The van der Waals surface area contributed by atoms with Crippen LogP contribution in [0.2, 0.25) is 0 Å². The van der Waals surface area contributed by atoms with Gasteiger partial charge in [-0.1, -0.05) is 0 Å². The normalized spacial score (nSPS) is 22.4. The van der Waals surface area contributed by atoms with Gasteiger partial charge in [0.05, 0.1) is 5.69 Å². The first-order valence-corrected chi connectivity index (χ1v) is 5.68. The molecule has 5 heteroatoms. The zero-order valence-electron chi connectivity index (χ0n) is 9.93. The van der Waals surface area contributed by atoms with Crippen molar-refractivity contribution < 1.29 is 0 Å². The van der Waals surface area contributed by atoms with Gasteiger partial charge in [0.1, 0.15) is 0 Å². The lowest BCUT2D eigenvalue weighted by molar-refractivity contribution is 0.274. The Morgan fingerprint density at radius 1 is 1.38 bits per heavy atom. The fraction of sp³-hybridized carbons (Fsp3) is 0.636.